The Kier molecular flexibility index (Phi) is 4.93. The van der Waals surface area contributed by atoms with Gasteiger partial charge in [0, 0.05) is 28.5 Å². The van der Waals surface area contributed by atoms with Gasteiger partial charge in [-0.3, -0.25) is 9.89 Å². The van der Waals surface area contributed by atoms with E-state index >= 15 is 0 Å². The van der Waals surface area contributed by atoms with E-state index in [1.54, 1.807) is 31.0 Å². The van der Waals surface area contributed by atoms with Crippen molar-refractivity contribution in [2.24, 2.45) is 0 Å². The van der Waals surface area contributed by atoms with Gasteiger partial charge in [-0.2, -0.15) is 5.10 Å². The minimum Gasteiger partial charge on any atom is -0.497 e. The molecule has 0 saturated heterocycles. The van der Waals surface area contributed by atoms with Crippen molar-refractivity contribution < 1.29 is 9.53 Å². The molecule has 30 heavy (non-hydrogen) atoms. The summed E-state index contributed by atoms with van der Waals surface area (Å²) in [7, 11) is 1.60. The number of thioether (sulfide) groups is 1. The summed E-state index contributed by atoms with van der Waals surface area (Å²) >= 11 is 1.72. The molecule has 1 aromatic heterocycles. The van der Waals surface area contributed by atoms with Crippen LogP contribution in [-0.4, -0.2) is 35.0 Å². The molecule has 0 aliphatic carbocycles. The zero-order valence-electron chi connectivity index (χ0n) is 16.5. The summed E-state index contributed by atoms with van der Waals surface area (Å²) in [6, 6.07) is 22.0. The average Bonchev–Trinajstić information content (AvgIpc) is 3.37. The minimum atomic E-state index is -0.0876. The average molecular weight is 416 g/mol. The summed E-state index contributed by atoms with van der Waals surface area (Å²) in [5.41, 5.74) is 4.05. The van der Waals surface area contributed by atoms with Gasteiger partial charge >= 0.3 is 0 Å². The van der Waals surface area contributed by atoms with E-state index in [0.29, 0.717) is 17.9 Å². The monoisotopic (exact) mass is 415 g/mol. The minimum absolute atomic E-state index is 0.0876. The number of ether oxygens (including phenoxy) is 1. The molecule has 0 saturated carbocycles. The van der Waals surface area contributed by atoms with Crippen LogP contribution < -0.4 is 10.1 Å². The van der Waals surface area contributed by atoms with Crippen molar-refractivity contribution in [2.75, 3.05) is 13.7 Å². The van der Waals surface area contributed by atoms with Crippen molar-refractivity contribution in [3.63, 3.8) is 0 Å². The van der Waals surface area contributed by atoms with Gasteiger partial charge in [-0.1, -0.05) is 54.2 Å². The summed E-state index contributed by atoms with van der Waals surface area (Å²) in [6.45, 7) is 0.591. The Morgan fingerprint density at radius 1 is 1.13 bits per heavy atom. The molecule has 1 aliphatic rings. The Morgan fingerprint density at radius 3 is 2.87 bits per heavy atom. The number of aromatic nitrogens is 2. The van der Waals surface area contributed by atoms with Crippen LogP contribution in [0.25, 0.3) is 22.0 Å². The van der Waals surface area contributed by atoms with Crippen molar-refractivity contribution in [3.05, 3.63) is 77.9 Å². The molecule has 2 N–H and O–H groups in total. The van der Waals surface area contributed by atoms with Crippen molar-refractivity contribution in [1.82, 2.24) is 15.5 Å². The van der Waals surface area contributed by atoms with Gasteiger partial charge in [-0.05, 0) is 41.5 Å². The fraction of sp³-hybridized carbons (Fsp3) is 0.167. The second kappa shape index (κ2) is 7.88. The molecule has 5 nitrogen and oxygen atoms in total. The standard InChI is InChI=1S/C24H21N3O2S/c1-29-19-8-4-7-18(12-19)23(28)25-14-20-13-21-22(26-27-24(21)30-20)17-10-9-15-5-2-3-6-16(15)11-17/h2-12,20H,13-14H2,1H3,(H,25,28)(H,26,27). The second-order valence-electron chi connectivity index (χ2n) is 7.33. The number of carbonyl (C=O) groups excluding carboxylic acids is 1. The molecule has 4 aromatic rings. The summed E-state index contributed by atoms with van der Waals surface area (Å²) in [4.78, 5) is 12.5. The highest BCUT2D eigenvalue weighted by Crippen LogP contribution is 2.40. The lowest BCUT2D eigenvalue weighted by Crippen LogP contribution is -2.30. The van der Waals surface area contributed by atoms with Crippen molar-refractivity contribution in [3.8, 4) is 17.0 Å². The van der Waals surface area contributed by atoms with E-state index in [1.807, 2.05) is 12.1 Å². The molecule has 0 bridgehead atoms. The predicted molar refractivity (Wildman–Crippen MR) is 120 cm³/mol. The third-order valence-corrected chi connectivity index (χ3v) is 6.63. The van der Waals surface area contributed by atoms with Crippen molar-refractivity contribution in [1.29, 1.82) is 0 Å². The Labute approximate surface area is 178 Å². The molecule has 1 unspecified atom stereocenters. The number of hydrogen-bond acceptors (Lipinski definition) is 4. The molecule has 2 heterocycles. The van der Waals surface area contributed by atoms with Crippen molar-refractivity contribution >= 4 is 28.4 Å². The number of hydrogen-bond donors (Lipinski definition) is 2. The molecule has 1 atom stereocenters. The number of benzene rings is 3. The Morgan fingerprint density at radius 2 is 2.00 bits per heavy atom. The van der Waals surface area contributed by atoms with E-state index < -0.39 is 0 Å². The van der Waals surface area contributed by atoms with Gasteiger partial charge in [-0.15, -0.1) is 0 Å². The van der Waals surface area contributed by atoms with E-state index in [1.165, 1.54) is 16.3 Å². The molecule has 150 valence electrons. The van der Waals surface area contributed by atoms with Gasteiger partial charge in [0.25, 0.3) is 5.91 Å². The van der Waals surface area contributed by atoms with Gasteiger partial charge in [0.2, 0.25) is 0 Å². The first kappa shape index (κ1) is 18.8. The van der Waals surface area contributed by atoms with E-state index in [9.17, 15) is 4.79 Å². The van der Waals surface area contributed by atoms with Crippen molar-refractivity contribution in [2.45, 2.75) is 16.7 Å². The molecule has 0 spiro atoms. The quantitative estimate of drug-likeness (QED) is 0.496. The SMILES string of the molecule is COc1cccc(C(=O)NCC2Cc3c(n[nH]c3-c3ccc4ccccc4c3)S2)c1. The Hall–Kier alpha value is -3.25. The molecule has 1 amide bonds. The smallest absolute Gasteiger partial charge is 0.251 e. The van der Waals surface area contributed by atoms with Crippen LogP contribution in [0, 0.1) is 0 Å². The van der Waals surface area contributed by atoms with Gasteiger partial charge in [-0.25, -0.2) is 0 Å². The maximum Gasteiger partial charge on any atom is 0.251 e. The van der Waals surface area contributed by atoms with Crippen LogP contribution in [0.1, 0.15) is 15.9 Å². The van der Waals surface area contributed by atoms with Crippen LogP contribution in [0.2, 0.25) is 0 Å². The highest BCUT2D eigenvalue weighted by Gasteiger charge is 2.28. The first-order valence-electron chi connectivity index (χ1n) is 9.86. The van der Waals surface area contributed by atoms with Gasteiger partial charge in [0.1, 0.15) is 10.8 Å². The summed E-state index contributed by atoms with van der Waals surface area (Å²) in [5.74, 6) is 0.591. The topological polar surface area (TPSA) is 67.0 Å². The van der Waals surface area contributed by atoms with Crippen LogP contribution in [0.4, 0.5) is 0 Å². The summed E-state index contributed by atoms with van der Waals surface area (Å²) in [6.07, 6.45) is 0.872. The number of methoxy groups -OCH3 is 1. The lowest BCUT2D eigenvalue weighted by Gasteiger charge is -2.11. The Bertz CT molecular complexity index is 1230. The molecule has 3 aromatic carbocycles. The first-order chi connectivity index (χ1) is 14.7. The molecule has 5 rings (SSSR count). The third kappa shape index (κ3) is 3.55. The maximum atomic E-state index is 12.5. The number of fused-ring (bicyclic) bond motifs is 2. The summed E-state index contributed by atoms with van der Waals surface area (Å²) < 4.78 is 5.20. The zero-order valence-corrected chi connectivity index (χ0v) is 17.3. The zero-order chi connectivity index (χ0) is 20.5. The fourth-order valence-corrected chi connectivity index (χ4v) is 4.99. The number of nitrogens with one attached hydrogen (secondary N) is 2. The van der Waals surface area contributed by atoms with Gasteiger partial charge < -0.3 is 10.1 Å². The van der Waals surface area contributed by atoms with Crippen LogP contribution >= 0.6 is 11.8 Å². The van der Waals surface area contributed by atoms with Gasteiger partial charge in [0.05, 0.1) is 12.8 Å². The van der Waals surface area contributed by atoms with E-state index in [2.05, 4.69) is 58.0 Å². The second-order valence-corrected chi connectivity index (χ2v) is 8.62. The number of rotatable bonds is 5. The molecular formula is C24H21N3O2S. The number of H-pyrrole nitrogens is 1. The normalized spacial score (nSPS) is 15.2. The van der Waals surface area contributed by atoms with E-state index in [0.717, 1.165) is 22.7 Å². The molecule has 0 fully saturated rings. The number of aromatic amines is 1. The molecular weight excluding hydrogens is 394 g/mol. The molecule has 6 heteroatoms. The number of nitrogens with zero attached hydrogens (tertiary/aromatic N) is 1. The lowest BCUT2D eigenvalue weighted by atomic mass is 10.0. The predicted octanol–water partition coefficient (Wildman–Crippen LogP) is 4.69. The highest BCUT2D eigenvalue weighted by atomic mass is 32.2. The fourth-order valence-electron chi connectivity index (χ4n) is 3.83. The molecule has 0 radical (unpaired) electrons. The van der Waals surface area contributed by atoms with E-state index in [4.69, 9.17) is 4.74 Å². The van der Waals surface area contributed by atoms with E-state index in [-0.39, 0.29) is 11.2 Å². The number of carbonyl (C=O) groups is 1. The largest absolute Gasteiger partial charge is 0.497 e. The van der Waals surface area contributed by atoms with Gasteiger partial charge in [0.15, 0.2) is 0 Å². The van der Waals surface area contributed by atoms with Crippen LogP contribution in [0.15, 0.2) is 71.8 Å². The van der Waals surface area contributed by atoms with Crippen LogP contribution in [0.5, 0.6) is 5.75 Å². The lowest BCUT2D eigenvalue weighted by molar-refractivity contribution is 0.0953. The Balaban J connectivity index is 1.28. The maximum absolute atomic E-state index is 12.5. The third-order valence-electron chi connectivity index (χ3n) is 5.40. The van der Waals surface area contributed by atoms with Crippen LogP contribution in [0.3, 0.4) is 0 Å². The molecule has 1 aliphatic heterocycles. The first-order valence-corrected chi connectivity index (χ1v) is 10.7. The number of amides is 1. The van der Waals surface area contributed by atoms with Crippen LogP contribution in [-0.2, 0) is 6.42 Å². The highest BCUT2D eigenvalue weighted by molar-refractivity contribution is 8.00. The summed E-state index contributed by atoms with van der Waals surface area (Å²) in [5, 5.41) is 14.5.